The van der Waals surface area contributed by atoms with E-state index in [9.17, 15) is 17.6 Å². The summed E-state index contributed by atoms with van der Waals surface area (Å²) in [5, 5.41) is 0.177. The van der Waals surface area contributed by atoms with Crippen molar-refractivity contribution in [1.29, 1.82) is 0 Å². The van der Waals surface area contributed by atoms with E-state index >= 15 is 0 Å². The summed E-state index contributed by atoms with van der Waals surface area (Å²) in [4.78, 5) is 12.0. The van der Waals surface area contributed by atoms with Gasteiger partial charge in [-0.1, -0.05) is 19.1 Å². The van der Waals surface area contributed by atoms with Gasteiger partial charge in [0.2, 0.25) is 11.8 Å². The van der Waals surface area contributed by atoms with Crippen molar-refractivity contribution in [3.63, 3.8) is 0 Å². The van der Waals surface area contributed by atoms with Crippen LogP contribution in [-0.4, -0.2) is 22.1 Å². The van der Waals surface area contributed by atoms with Crippen molar-refractivity contribution in [2.45, 2.75) is 26.4 Å². The number of halogens is 4. The Bertz CT molecular complexity index is 828. The first-order valence-corrected chi connectivity index (χ1v) is 8.02. The van der Waals surface area contributed by atoms with E-state index in [0.717, 1.165) is 35.3 Å². The van der Waals surface area contributed by atoms with E-state index in [-0.39, 0.29) is 10.8 Å². The normalized spacial score (nSPS) is 12.4. The molecule has 0 aliphatic carbocycles. The molecule has 2 aromatic rings. The zero-order valence-electron chi connectivity index (χ0n) is 13.7. The molecular weight excluding hydrogens is 358 g/mol. The summed E-state index contributed by atoms with van der Waals surface area (Å²) in [5.41, 5.74) is -0.0349. The molecule has 0 saturated carbocycles. The summed E-state index contributed by atoms with van der Waals surface area (Å²) in [6.45, 7) is 7.58. The average Bonchev–Trinajstić information content (AvgIpc) is 2.95. The molecule has 0 amide bonds. The van der Waals surface area contributed by atoms with Gasteiger partial charge in [0.05, 0.1) is 17.7 Å². The smallest absolute Gasteiger partial charge is 0.426 e. The van der Waals surface area contributed by atoms with Crippen molar-refractivity contribution in [1.82, 2.24) is 15.0 Å². The molecule has 0 N–H and O–H groups in total. The highest BCUT2D eigenvalue weighted by Gasteiger charge is 2.40. The van der Waals surface area contributed by atoms with Crippen LogP contribution in [0.4, 0.5) is 17.6 Å². The predicted octanol–water partition coefficient (Wildman–Crippen LogP) is 5.22. The van der Waals surface area contributed by atoms with Crippen LogP contribution in [0.1, 0.15) is 36.4 Å². The Balaban J connectivity index is 2.60. The van der Waals surface area contributed by atoms with Gasteiger partial charge in [-0.15, -0.1) is 11.3 Å². The molecule has 134 valence electrons. The molecule has 0 aliphatic rings. The summed E-state index contributed by atoms with van der Waals surface area (Å²) in [7, 11) is 0.983. The minimum atomic E-state index is -4.96. The van der Waals surface area contributed by atoms with Crippen molar-refractivity contribution >= 4 is 23.5 Å². The summed E-state index contributed by atoms with van der Waals surface area (Å²) in [6, 6.07) is 0. The third-order valence-electron chi connectivity index (χ3n) is 3.31. The number of nitrogens with zero attached hydrogens (tertiary/aromatic N) is 3. The van der Waals surface area contributed by atoms with Gasteiger partial charge >= 0.3 is 6.18 Å². The number of thiazole rings is 1. The predicted molar refractivity (Wildman–Crippen MR) is 88.7 cm³/mol. The van der Waals surface area contributed by atoms with E-state index in [2.05, 4.69) is 26.3 Å². The van der Waals surface area contributed by atoms with Crippen LogP contribution < -0.4 is 4.74 Å². The molecule has 0 atom stereocenters. The minimum absolute atomic E-state index is 0.177. The topological polar surface area (TPSA) is 47.9 Å². The first-order valence-electron chi connectivity index (χ1n) is 7.20. The SMILES string of the molecule is C=Cc1nc(-c2nc(F)c(C(F)(F)F)c(OC)n2)sc1/C=C(\C)CC. The largest absolute Gasteiger partial charge is 0.480 e. The van der Waals surface area contributed by atoms with Crippen LogP contribution in [0, 0.1) is 5.95 Å². The van der Waals surface area contributed by atoms with Crippen LogP contribution in [0.3, 0.4) is 0 Å². The lowest BCUT2D eigenvalue weighted by Gasteiger charge is -2.11. The molecule has 25 heavy (non-hydrogen) atoms. The number of hydrogen-bond acceptors (Lipinski definition) is 5. The molecule has 0 fully saturated rings. The van der Waals surface area contributed by atoms with Gasteiger partial charge < -0.3 is 4.74 Å². The van der Waals surface area contributed by atoms with Crippen molar-refractivity contribution in [2.75, 3.05) is 7.11 Å². The summed E-state index contributed by atoms with van der Waals surface area (Å²) in [5.74, 6) is -2.86. The molecule has 2 aromatic heterocycles. The highest BCUT2D eigenvalue weighted by molar-refractivity contribution is 7.16. The number of aromatic nitrogens is 3. The molecule has 4 nitrogen and oxygen atoms in total. The fourth-order valence-corrected chi connectivity index (χ4v) is 2.94. The second-order valence-electron chi connectivity index (χ2n) is 5.04. The van der Waals surface area contributed by atoms with E-state index in [4.69, 9.17) is 0 Å². The second kappa shape index (κ2) is 7.30. The fourth-order valence-electron chi connectivity index (χ4n) is 1.91. The molecule has 0 radical (unpaired) electrons. The Morgan fingerprint density at radius 3 is 2.48 bits per heavy atom. The van der Waals surface area contributed by atoms with E-state index in [1.165, 1.54) is 6.08 Å². The van der Waals surface area contributed by atoms with Gasteiger partial charge in [-0.25, -0.2) is 4.98 Å². The number of alkyl halides is 3. The molecule has 2 heterocycles. The highest BCUT2D eigenvalue weighted by atomic mass is 32.1. The molecule has 0 bridgehead atoms. The van der Waals surface area contributed by atoms with Gasteiger partial charge in [-0.05, 0) is 25.5 Å². The van der Waals surface area contributed by atoms with Gasteiger partial charge in [0.25, 0.3) is 0 Å². The van der Waals surface area contributed by atoms with Gasteiger partial charge in [0.1, 0.15) is 0 Å². The lowest BCUT2D eigenvalue weighted by molar-refractivity contribution is -0.142. The Hall–Kier alpha value is -2.29. The monoisotopic (exact) mass is 373 g/mol. The van der Waals surface area contributed by atoms with Crippen molar-refractivity contribution in [3.05, 3.63) is 34.2 Å². The van der Waals surface area contributed by atoms with Crippen LogP contribution in [0.5, 0.6) is 5.88 Å². The summed E-state index contributed by atoms with van der Waals surface area (Å²) < 4.78 is 57.2. The number of rotatable bonds is 5. The second-order valence-corrected chi connectivity index (χ2v) is 6.07. The Labute approximate surface area is 145 Å². The maximum Gasteiger partial charge on any atom is 0.426 e. The average molecular weight is 373 g/mol. The molecule has 0 saturated heterocycles. The maximum absolute atomic E-state index is 13.9. The van der Waals surface area contributed by atoms with E-state index in [1.54, 1.807) is 0 Å². The van der Waals surface area contributed by atoms with Crippen molar-refractivity contribution in [3.8, 4) is 16.7 Å². The highest BCUT2D eigenvalue weighted by Crippen LogP contribution is 2.38. The Morgan fingerprint density at radius 1 is 1.28 bits per heavy atom. The molecule has 0 unspecified atom stereocenters. The zero-order chi connectivity index (χ0) is 18.8. The van der Waals surface area contributed by atoms with Gasteiger partial charge in [0, 0.05) is 0 Å². The van der Waals surface area contributed by atoms with Gasteiger partial charge in [-0.3, -0.25) is 0 Å². The number of ether oxygens (including phenoxy) is 1. The third-order valence-corrected chi connectivity index (χ3v) is 4.32. The molecule has 9 heteroatoms. The Morgan fingerprint density at radius 2 is 1.96 bits per heavy atom. The third kappa shape index (κ3) is 4.04. The molecule has 0 aromatic carbocycles. The van der Waals surface area contributed by atoms with Crippen molar-refractivity contribution in [2.24, 2.45) is 0 Å². The van der Waals surface area contributed by atoms with Crippen LogP contribution in [0.25, 0.3) is 23.0 Å². The molecular formula is C16H15F4N3OS. The lowest BCUT2D eigenvalue weighted by atomic mass is 10.2. The first-order chi connectivity index (χ1) is 11.7. The number of methoxy groups -OCH3 is 1. The zero-order valence-corrected chi connectivity index (χ0v) is 14.6. The van der Waals surface area contributed by atoms with Crippen LogP contribution in [0.15, 0.2) is 12.2 Å². The maximum atomic E-state index is 13.9. The number of allylic oxidation sites excluding steroid dienone is 1. The van der Waals surface area contributed by atoms with E-state index in [1.807, 2.05) is 19.9 Å². The van der Waals surface area contributed by atoms with Crippen molar-refractivity contribution < 1.29 is 22.3 Å². The fraction of sp³-hybridized carbons (Fsp3) is 0.312. The van der Waals surface area contributed by atoms with E-state index in [0.29, 0.717) is 5.69 Å². The first kappa shape index (κ1) is 19.0. The molecule has 0 spiro atoms. The summed E-state index contributed by atoms with van der Waals surface area (Å²) in [6.07, 6.45) is -0.749. The van der Waals surface area contributed by atoms with Gasteiger partial charge in [0.15, 0.2) is 16.4 Å². The quantitative estimate of drug-likeness (QED) is 0.532. The Kier molecular flexibility index (Phi) is 5.56. The van der Waals surface area contributed by atoms with Crippen LogP contribution in [0.2, 0.25) is 0 Å². The standard InChI is InChI=1S/C16H15F4N3OS/c1-5-8(3)7-10-9(6-2)21-15(25-10)13-22-12(17)11(16(18,19)20)14(23-13)24-4/h6-7H,2,5H2,1,3-4H3/b8-7+. The number of hydrogen-bond donors (Lipinski definition) is 0. The molecule has 2 rings (SSSR count). The molecule has 0 aliphatic heterocycles. The van der Waals surface area contributed by atoms with Crippen LogP contribution >= 0.6 is 11.3 Å². The van der Waals surface area contributed by atoms with Crippen LogP contribution in [-0.2, 0) is 6.18 Å². The lowest BCUT2D eigenvalue weighted by Crippen LogP contribution is -2.14. The van der Waals surface area contributed by atoms with Gasteiger partial charge in [-0.2, -0.15) is 27.5 Å². The summed E-state index contributed by atoms with van der Waals surface area (Å²) >= 11 is 1.13. The minimum Gasteiger partial charge on any atom is -0.480 e. The van der Waals surface area contributed by atoms with E-state index < -0.39 is 23.6 Å².